The van der Waals surface area contributed by atoms with Crippen molar-refractivity contribution in [2.45, 2.75) is 46.6 Å². The van der Waals surface area contributed by atoms with Gasteiger partial charge in [-0.25, -0.2) is 0 Å². The third-order valence-electron chi connectivity index (χ3n) is 4.07. The molecule has 24 heavy (non-hydrogen) atoms. The molecule has 0 spiro atoms. The van der Waals surface area contributed by atoms with Crippen molar-refractivity contribution in [3.05, 3.63) is 64.7 Å². The van der Waals surface area contributed by atoms with Gasteiger partial charge >= 0.3 is 0 Å². The number of hydrogen-bond acceptors (Lipinski definition) is 2. The highest BCUT2D eigenvalue weighted by atomic mass is 16.5. The number of amides is 1. The fraction of sp³-hybridized carbons (Fsp3) is 0.381. The number of rotatable bonds is 7. The van der Waals surface area contributed by atoms with Crippen LogP contribution in [0, 0.1) is 20.8 Å². The maximum absolute atomic E-state index is 12.1. The van der Waals surface area contributed by atoms with E-state index in [9.17, 15) is 4.79 Å². The standard InChI is InChI=1S/C21H27NO2/c1-15-7-10-19(11-8-15)6-5-13-22-21(23)18(4)24-20-12-9-16(2)14-17(20)3/h7-12,14,18H,5-6,13H2,1-4H3,(H,22,23)/t18-/m1/s1. The Balaban J connectivity index is 1.74. The van der Waals surface area contributed by atoms with Crippen LogP contribution in [-0.2, 0) is 11.2 Å². The van der Waals surface area contributed by atoms with Gasteiger partial charge in [0.1, 0.15) is 5.75 Å². The van der Waals surface area contributed by atoms with Crippen molar-refractivity contribution >= 4 is 5.91 Å². The van der Waals surface area contributed by atoms with Crippen LogP contribution in [0.5, 0.6) is 5.75 Å². The summed E-state index contributed by atoms with van der Waals surface area (Å²) in [5.74, 6) is 0.696. The van der Waals surface area contributed by atoms with Crippen molar-refractivity contribution in [2.75, 3.05) is 6.54 Å². The van der Waals surface area contributed by atoms with Gasteiger partial charge in [0.25, 0.3) is 5.91 Å². The molecular weight excluding hydrogens is 298 g/mol. The van der Waals surface area contributed by atoms with Crippen LogP contribution in [0.4, 0.5) is 0 Å². The maximum Gasteiger partial charge on any atom is 0.260 e. The second kappa shape index (κ2) is 8.53. The quantitative estimate of drug-likeness (QED) is 0.777. The van der Waals surface area contributed by atoms with E-state index in [0.717, 1.165) is 24.2 Å². The Hall–Kier alpha value is -2.29. The Morgan fingerprint density at radius 3 is 2.38 bits per heavy atom. The van der Waals surface area contributed by atoms with Crippen molar-refractivity contribution in [1.29, 1.82) is 0 Å². The average molecular weight is 325 g/mol. The fourth-order valence-corrected chi connectivity index (χ4v) is 2.58. The van der Waals surface area contributed by atoms with Gasteiger partial charge in [0.05, 0.1) is 0 Å². The first kappa shape index (κ1) is 18.1. The van der Waals surface area contributed by atoms with E-state index in [1.807, 2.05) is 26.0 Å². The molecule has 3 heteroatoms. The predicted octanol–water partition coefficient (Wildman–Crippen LogP) is 4.13. The Morgan fingerprint density at radius 1 is 1.04 bits per heavy atom. The minimum atomic E-state index is -0.495. The second-order valence-electron chi connectivity index (χ2n) is 6.41. The van der Waals surface area contributed by atoms with Crippen LogP contribution >= 0.6 is 0 Å². The van der Waals surface area contributed by atoms with Gasteiger partial charge < -0.3 is 10.1 Å². The summed E-state index contributed by atoms with van der Waals surface area (Å²) in [6, 6.07) is 14.5. The summed E-state index contributed by atoms with van der Waals surface area (Å²) in [5.41, 5.74) is 4.81. The van der Waals surface area contributed by atoms with E-state index in [1.165, 1.54) is 16.7 Å². The van der Waals surface area contributed by atoms with Gasteiger partial charge in [-0.1, -0.05) is 47.5 Å². The van der Waals surface area contributed by atoms with Gasteiger partial charge in [-0.05, 0) is 57.7 Å². The molecule has 0 saturated heterocycles. The third-order valence-corrected chi connectivity index (χ3v) is 4.07. The van der Waals surface area contributed by atoms with Gasteiger partial charge in [0, 0.05) is 6.54 Å². The molecule has 0 radical (unpaired) electrons. The topological polar surface area (TPSA) is 38.3 Å². The van der Waals surface area contributed by atoms with Crippen molar-refractivity contribution in [3.8, 4) is 5.75 Å². The Bertz CT molecular complexity index is 677. The summed E-state index contributed by atoms with van der Waals surface area (Å²) in [5, 5.41) is 2.95. The number of aryl methyl sites for hydroxylation is 4. The van der Waals surface area contributed by atoms with E-state index in [4.69, 9.17) is 4.74 Å². The summed E-state index contributed by atoms with van der Waals surface area (Å²) in [7, 11) is 0. The van der Waals surface area contributed by atoms with Gasteiger partial charge in [0.15, 0.2) is 6.10 Å². The van der Waals surface area contributed by atoms with Crippen LogP contribution < -0.4 is 10.1 Å². The Labute approximate surface area is 145 Å². The predicted molar refractivity (Wildman–Crippen MR) is 98.5 cm³/mol. The molecule has 0 aliphatic rings. The number of carbonyl (C=O) groups excluding carboxylic acids is 1. The van der Waals surface area contributed by atoms with Crippen LogP contribution in [-0.4, -0.2) is 18.6 Å². The van der Waals surface area contributed by atoms with Gasteiger partial charge in [0.2, 0.25) is 0 Å². The molecule has 2 rings (SSSR count). The number of hydrogen-bond donors (Lipinski definition) is 1. The lowest BCUT2D eigenvalue weighted by molar-refractivity contribution is -0.127. The molecular formula is C21H27NO2. The molecule has 0 aromatic heterocycles. The highest BCUT2D eigenvalue weighted by Crippen LogP contribution is 2.20. The molecule has 128 valence electrons. The Kier molecular flexibility index (Phi) is 6.42. The molecule has 2 aromatic rings. The van der Waals surface area contributed by atoms with E-state index in [-0.39, 0.29) is 5.91 Å². The minimum absolute atomic E-state index is 0.0705. The Morgan fingerprint density at radius 2 is 1.71 bits per heavy atom. The summed E-state index contributed by atoms with van der Waals surface area (Å²) < 4.78 is 5.78. The first-order chi connectivity index (χ1) is 11.5. The van der Waals surface area contributed by atoms with Crippen LogP contribution in [0.2, 0.25) is 0 Å². The monoisotopic (exact) mass is 325 g/mol. The number of ether oxygens (including phenoxy) is 1. The number of nitrogens with one attached hydrogen (secondary N) is 1. The largest absolute Gasteiger partial charge is 0.481 e. The molecule has 1 N–H and O–H groups in total. The molecule has 0 aliphatic carbocycles. The van der Waals surface area contributed by atoms with Crippen LogP contribution in [0.3, 0.4) is 0 Å². The number of carbonyl (C=O) groups is 1. The summed E-state index contributed by atoms with van der Waals surface area (Å²) in [6.45, 7) is 8.57. The molecule has 1 amide bonds. The van der Waals surface area contributed by atoms with Crippen LogP contribution in [0.1, 0.15) is 35.6 Å². The first-order valence-corrected chi connectivity index (χ1v) is 8.53. The lowest BCUT2D eigenvalue weighted by Gasteiger charge is -2.16. The van der Waals surface area contributed by atoms with Crippen molar-refractivity contribution in [2.24, 2.45) is 0 Å². The molecule has 1 atom stereocenters. The average Bonchev–Trinajstić information content (AvgIpc) is 2.55. The molecule has 0 saturated carbocycles. The van der Waals surface area contributed by atoms with Crippen LogP contribution in [0.25, 0.3) is 0 Å². The van der Waals surface area contributed by atoms with E-state index in [2.05, 4.69) is 42.6 Å². The highest BCUT2D eigenvalue weighted by Gasteiger charge is 2.15. The zero-order valence-electron chi connectivity index (χ0n) is 15.1. The molecule has 0 heterocycles. The van der Waals surface area contributed by atoms with Gasteiger partial charge in [-0.15, -0.1) is 0 Å². The first-order valence-electron chi connectivity index (χ1n) is 8.53. The lowest BCUT2D eigenvalue weighted by Crippen LogP contribution is -2.37. The maximum atomic E-state index is 12.1. The zero-order chi connectivity index (χ0) is 17.5. The number of benzene rings is 2. The summed E-state index contributed by atoms with van der Waals surface area (Å²) in [4.78, 5) is 12.1. The van der Waals surface area contributed by atoms with E-state index < -0.39 is 6.10 Å². The van der Waals surface area contributed by atoms with E-state index in [1.54, 1.807) is 6.92 Å². The van der Waals surface area contributed by atoms with Crippen molar-refractivity contribution < 1.29 is 9.53 Å². The molecule has 3 nitrogen and oxygen atoms in total. The fourth-order valence-electron chi connectivity index (χ4n) is 2.58. The minimum Gasteiger partial charge on any atom is -0.481 e. The van der Waals surface area contributed by atoms with Crippen molar-refractivity contribution in [1.82, 2.24) is 5.32 Å². The van der Waals surface area contributed by atoms with Gasteiger partial charge in [-0.3, -0.25) is 4.79 Å². The van der Waals surface area contributed by atoms with Gasteiger partial charge in [-0.2, -0.15) is 0 Å². The summed E-state index contributed by atoms with van der Waals surface area (Å²) in [6.07, 6.45) is 1.39. The second-order valence-corrected chi connectivity index (χ2v) is 6.41. The molecule has 0 bridgehead atoms. The highest BCUT2D eigenvalue weighted by molar-refractivity contribution is 5.80. The van der Waals surface area contributed by atoms with Crippen LogP contribution in [0.15, 0.2) is 42.5 Å². The molecule has 2 aromatic carbocycles. The SMILES string of the molecule is Cc1ccc(CCCNC(=O)[C@@H](C)Oc2ccc(C)cc2C)cc1. The smallest absolute Gasteiger partial charge is 0.260 e. The summed E-state index contributed by atoms with van der Waals surface area (Å²) >= 11 is 0. The molecule has 0 unspecified atom stereocenters. The molecule has 0 fully saturated rings. The molecule has 0 aliphatic heterocycles. The van der Waals surface area contributed by atoms with Crippen molar-refractivity contribution in [3.63, 3.8) is 0 Å². The normalized spacial score (nSPS) is 11.8. The lowest BCUT2D eigenvalue weighted by atomic mass is 10.1. The third kappa shape index (κ3) is 5.41. The van der Waals surface area contributed by atoms with E-state index in [0.29, 0.717) is 6.54 Å². The van der Waals surface area contributed by atoms with E-state index >= 15 is 0 Å². The zero-order valence-corrected chi connectivity index (χ0v) is 15.1.